The van der Waals surface area contributed by atoms with Crippen LogP contribution in [-0.2, 0) is 0 Å². The molecule has 0 unspecified atom stereocenters. The van der Waals surface area contributed by atoms with E-state index in [1.54, 1.807) is 0 Å². The minimum atomic E-state index is -6.22. The molecule has 7 heteroatoms. The van der Waals surface area contributed by atoms with Crippen molar-refractivity contribution in [3.63, 3.8) is 0 Å². The van der Waals surface area contributed by atoms with Crippen molar-refractivity contribution in [3.8, 4) is 0 Å². The van der Waals surface area contributed by atoms with Gasteiger partial charge in [-0.25, -0.2) is 0 Å². The average Bonchev–Trinajstić information content (AvgIpc) is 2.47. The first kappa shape index (κ1) is 18.8. The zero-order chi connectivity index (χ0) is 17.5. The lowest BCUT2D eigenvalue weighted by molar-refractivity contribution is -0.367. The first-order valence-electron chi connectivity index (χ1n) is 8.29. The maximum atomic E-state index is 13.7. The summed E-state index contributed by atoms with van der Waals surface area (Å²) in [6.07, 6.45) is -1.91. The molecule has 23 heavy (non-hydrogen) atoms. The molecule has 2 fully saturated rings. The molecular formula is C16H27F7. The standard InChI is InChI=1S/C16H23F7.2H2/c1-10-2-4-11(5-3-10)12-6-8-13(9-7-12)14(17,18)15(19,20)16(21,22)23;;/h10-13H,2-9H2,1H3;2*1H. The molecule has 0 nitrogen and oxygen atoms in total. The third kappa shape index (κ3) is 3.63. The lowest BCUT2D eigenvalue weighted by Gasteiger charge is -2.41. The van der Waals surface area contributed by atoms with Crippen LogP contribution in [0, 0.1) is 23.7 Å². The Hall–Kier alpha value is -0.490. The summed E-state index contributed by atoms with van der Waals surface area (Å²) in [7, 11) is 0. The molecule has 2 rings (SSSR count). The van der Waals surface area contributed by atoms with Gasteiger partial charge in [-0.05, 0) is 56.3 Å². The highest BCUT2D eigenvalue weighted by atomic mass is 19.4. The minimum absolute atomic E-state index is 0. The number of alkyl halides is 7. The Balaban J connectivity index is 0.00000288. The van der Waals surface area contributed by atoms with Gasteiger partial charge in [-0.15, -0.1) is 0 Å². The molecule has 0 amide bonds. The quantitative estimate of drug-likeness (QED) is 0.482. The number of rotatable bonds is 3. The topological polar surface area (TPSA) is 0 Å². The van der Waals surface area contributed by atoms with Gasteiger partial charge in [-0.3, -0.25) is 0 Å². The summed E-state index contributed by atoms with van der Waals surface area (Å²) in [5.74, 6) is -11.6. The Labute approximate surface area is 134 Å². The second-order valence-corrected chi connectivity index (χ2v) is 7.33. The van der Waals surface area contributed by atoms with E-state index >= 15 is 0 Å². The van der Waals surface area contributed by atoms with Gasteiger partial charge in [-0.2, -0.15) is 30.7 Å². The van der Waals surface area contributed by atoms with Crippen molar-refractivity contribution >= 4 is 0 Å². The summed E-state index contributed by atoms with van der Waals surface area (Å²) >= 11 is 0. The van der Waals surface area contributed by atoms with Crippen molar-refractivity contribution < 1.29 is 33.6 Å². The first-order valence-corrected chi connectivity index (χ1v) is 8.29. The Kier molecular flexibility index (Phi) is 5.27. The largest absolute Gasteiger partial charge is 0.459 e. The fourth-order valence-electron chi connectivity index (χ4n) is 4.16. The maximum absolute atomic E-state index is 13.7. The van der Waals surface area contributed by atoms with Gasteiger partial charge >= 0.3 is 18.0 Å². The normalized spacial score (nSPS) is 34.4. The van der Waals surface area contributed by atoms with Crippen molar-refractivity contribution in [3.05, 3.63) is 0 Å². The van der Waals surface area contributed by atoms with Crippen molar-refractivity contribution in [1.29, 1.82) is 0 Å². The SMILES string of the molecule is CC1CCC(C2CCC(C(F)(F)C(F)(F)C(F)(F)F)CC2)CC1.[HH].[HH]. The molecule has 0 saturated heterocycles. The number of halogens is 7. The smallest absolute Gasteiger partial charge is 0.199 e. The van der Waals surface area contributed by atoms with Crippen LogP contribution >= 0.6 is 0 Å². The van der Waals surface area contributed by atoms with Crippen LogP contribution in [0.25, 0.3) is 0 Å². The molecule has 2 saturated carbocycles. The molecule has 0 heterocycles. The van der Waals surface area contributed by atoms with Crippen LogP contribution in [0.5, 0.6) is 0 Å². The van der Waals surface area contributed by atoms with Crippen LogP contribution < -0.4 is 0 Å². The highest BCUT2D eigenvalue weighted by Gasteiger charge is 2.74. The fraction of sp³-hybridized carbons (Fsp3) is 1.00. The van der Waals surface area contributed by atoms with Crippen LogP contribution in [-0.4, -0.2) is 18.0 Å². The third-order valence-electron chi connectivity index (χ3n) is 5.79. The summed E-state index contributed by atoms with van der Waals surface area (Å²) in [6, 6.07) is 0. The Morgan fingerprint density at radius 2 is 1.04 bits per heavy atom. The van der Waals surface area contributed by atoms with Crippen LogP contribution in [0.15, 0.2) is 0 Å². The Morgan fingerprint density at radius 1 is 0.652 bits per heavy atom. The lowest BCUT2D eigenvalue weighted by atomic mass is 9.68. The van der Waals surface area contributed by atoms with Gasteiger partial charge in [0.2, 0.25) is 0 Å². The predicted molar refractivity (Wildman–Crippen MR) is 76.7 cm³/mol. The number of hydrogen-bond donors (Lipinski definition) is 0. The zero-order valence-electron chi connectivity index (χ0n) is 13.1. The summed E-state index contributed by atoms with van der Waals surface area (Å²) in [6.45, 7) is 2.16. The van der Waals surface area contributed by atoms with E-state index < -0.39 is 23.9 Å². The van der Waals surface area contributed by atoms with Crippen molar-refractivity contribution in [2.24, 2.45) is 23.7 Å². The van der Waals surface area contributed by atoms with E-state index in [0.717, 1.165) is 25.7 Å². The van der Waals surface area contributed by atoms with Gasteiger partial charge in [0.1, 0.15) is 0 Å². The van der Waals surface area contributed by atoms with Crippen molar-refractivity contribution in [2.45, 2.75) is 76.3 Å². The molecule has 140 valence electrons. The molecule has 0 aromatic heterocycles. The van der Waals surface area contributed by atoms with Gasteiger partial charge < -0.3 is 0 Å². The van der Waals surface area contributed by atoms with Crippen molar-refractivity contribution in [2.75, 3.05) is 0 Å². The van der Waals surface area contributed by atoms with Gasteiger partial charge in [0.25, 0.3) is 0 Å². The maximum Gasteiger partial charge on any atom is 0.459 e. The molecule has 2 aliphatic rings. The van der Waals surface area contributed by atoms with E-state index in [2.05, 4.69) is 6.92 Å². The first-order chi connectivity index (χ1) is 10.5. The van der Waals surface area contributed by atoms with E-state index in [-0.39, 0.29) is 21.6 Å². The lowest BCUT2D eigenvalue weighted by Crippen LogP contribution is -2.56. The summed E-state index contributed by atoms with van der Waals surface area (Å²) in [5, 5.41) is 0. The molecule has 0 bridgehead atoms. The van der Waals surface area contributed by atoms with Gasteiger partial charge in [0, 0.05) is 8.77 Å². The molecule has 0 atom stereocenters. The van der Waals surface area contributed by atoms with Crippen LogP contribution in [0.3, 0.4) is 0 Å². The van der Waals surface area contributed by atoms with Gasteiger partial charge in [0.05, 0.1) is 0 Å². The summed E-state index contributed by atoms with van der Waals surface area (Å²) in [5.41, 5.74) is 0. The molecular weight excluding hydrogens is 325 g/mol. The molecule has 0 aromatic carbocycles. The second-order valence-electron chi connectivity index (χ2n) is 7.33. The molecule has 0 aliphatic heterocycles. The highest BCUT2D eigenvalue weighted by molar-refractivity contribution is 4.97. The molecule has 2 aliphatic carbocycles. The average molecular weight is 352 g/mol. The Bertz CT molecular complexity index is 396. The minimum Gasteiger partial charge on any atom is -0.199 e. The fourth-order valence-corrected chi connectivity index (χ4v) is 4.16. The summed E-state index contributed by atoms with van der Waals surface area (Å²) < 4.78 is 90.5. The summed E-state index contributed by atoms with van der Waals surface area (Å²) in [4.78, 5) is 0. The molecule has 0 aromatic rings. The monoisotopic (exact) mass is 352 g/mol. The van der Waals surface area contributed by atoms with E-state index in [1.807, 2.05) is 0 Å². The van der Waals surface area contributed by atoms with Crippen molar-refractivity contribution in [1.82, 2.24) is 0 Å². The second kappa shape index (κ2) is 6.43. The van der Waals surface area contributed by atoms with E-state index in [0.29, 0.717) is 24.7 Å². The van der Waals surface area contributed by atoms with Gasteiger partial charge in [0.15, 0.2) is 0 Å². The van der Waals surface area contributed by atoms with Gasteiger partial charge in [-0.1, -0.05) is 19.8 Å². The predicted octanol–water partition coefficient (Wildman–Crippen LogP) is 6.94. The molecule has 0 N–H and O–H groups in total. The zero-order valence-corrected chi connectivity index (χ0v) is 13.1. The highest BCUT2D eigenvalue weighted by Crippen LogP contribution is 2.54. The molecule has 0 spiro atoms. The van der Waals surface area contributed by atoms with Crippen LogP contribution in [0.4, 0.5) is 30.7 Å². The van der Waals surface area contributed by atoms with Crippen LogP contribution in [0.2, 0.25) is 0 Å². The van der Waals surface area contributed by atoms with E-state index in [4.69, 9.17) is 0 Å². The Morgan fingerprint density at radius 3 is 1.43 bits per heavy atom. The van der Waals surface area contributed by atoms with E-state index in [9.17, 15) is 30.7 Å². The molecule has 0 radical (unpaired) electrons. The number of hydrogen-bond acceptors (Lipinski definition) is 0. The van der Waals surface area contributed by atoms with E-state index in [1.165, 1.54) is 0 Å². The third-order valence-corrected chi connectivity index (χ3v) is 5.79. The van der Waals surface area contributed by atoms with Crippen LogP contribution in [0.1, 0.15) is 61.1 Å².